The maximum absolute atomic E-state index is 10.6. The number of rotatable bonds is 1. The zero-order valence-corrected chi connectivity index (χ0v) is 5.80. The molecule has 0 amide bonds. The molecule has 0 bridgehead atoms. The van der Waals surface area contributed by atoms with Gasteiger partial charge < -0.3 is 4.98 Å². The van der Waals surface area contributed by atoms with E-state index in [4.69, 9.17) is 0 Å². The van der Waals surface area contributed by atoms with Crippen LogP contribution in [0.1, 0.15) is 17.4 Å². The number of hydrogen-bond donors (Lipinski definition) is 2. The van der Waals surface area contributed by atoms with Gasteiger partial charge in [0.25, 0.3) is 5.56 Å². The molecule has 0 saturated carbocycles. The number of aromatic amines is 2. The number of ketones is 1. The largest absolute Gasteiger partial charge is 0.326 e. The van der Waals surface area contributed by atoms with Gasteiger partial charge in [0.15, 0.2) is 5.78 Å². The number of Topliss-reactive ketones (excluding diaryl/α,β-unsaturated/α-hetero) is 1. The first-order valence-electron chi connectivity index (χ1n) is 2.94. The second kappa shape index (κ2) is 2.53. The molecule has 0 atom stereocenters. The second-order valence-electron chi connectivity index (χ2n) is 2.06. The molecule has 0 radical (unpaired) electrons. The highest BCUT2D eigenvalue weighted by atomic mass is 16.2. The predicted octanol–water partition coefficient (Wildman–Crippen LogP) is -0.734. The number of carbonyl (C=O) groups is 1. The van der Waals surface area contributed by atoms with Crippen molar-refractivity contribution >= 4 is 5.78 Å². The zero-order chi connectivity index (χ0) is 8.43. The first kappa shape index (κ1) is 7.46. The van der Waals surface area contributed by atoms with E-state index < -0.39 is 11.2 Å². The molecule has 1 aromatic heterocycles. The molecule has 5 heteroatoms. The fourth-order valence-corrected chi connectivity index (χ4v) is 0.658. The van der Waals surface area contributed by atoms with Crippen molar-refractivity contribution in [2.24, 2.45) is 0 Å². The molecule has 0 aliphatic carbocycles. The lowest BCUT2D eigenvalue weighted by molar-refractivity contribution is 0.101. The van der Waals surface area contributed by atoms with Crippen molar-refractivity contribution in [1.82, 2.24) is 9.97 Å². The topological polar surface area (TPSA) is 82.8 Å². The number of hydrogen-bond acceptors (Lipinski definition) is 3. The van der Waals surface area contributed by atoms with Crippen LogP contribution in [0.15, 0.2) is 15.7 Å². The number of aromatic nitrogens is 2. The minimum absolute atomic E-state index is 0.0266. The average molecular weight is 154 g/mol. The Bertz CT molecular complexity index is 359. The minimum atomic E-state index is -0.664. The van der Waals surface area contributed by atoms with Crippen LogP contribution in [0.25, 0.3) is 0 Å². The third-order valence-corrected chi connectivity index (χ3v) is 1.14. The van der Waals surface area contributed by atoms with E-state index in [9.17, 15) is 14.4 Å². The van der Waals surface area contributed by atoms with Gasteiger partial charge in [0, 0.05) is 13.0 Å². The van der Waals surface area contributed by atoms with Crippen LogP contribution in [0.4, 0.5) is 0 Å². The monoisotopic (exact) mass is 154 g/mol. The Kier molecular flexibility index (Phi) is 1.72. The molecule has 0 spiro atoms. The van der Waals surface area contributed by atoms with Crippen molar-refractivity contribution in [3.8, 4) is 0 Å². The van der Waals surface area contributed by atoms with Gasteiger partial charge in [0.2, 0.25) is 0 Å². The predicted molar refractivity (Wildman–Crippen MR) is 37.7 cm³/mol. The normalized spacial score (nSPS) is 9.55. The summed E-state index contributed by atoms with van der Waals surface area (Å²) in [6.45, 7) is 1.27. The third kappa shape index (κ3) is 1.64. The Morgan fingerprint density at radius 2 is 2.00 bits per heavy atom. The summed E-state index contributed by atoms with van der Waals surface area (Å²) in [4.78, 5) is 35.9. The van der Waals surface area contributed by atoms with Gasteiger partial charge in [-0.15, -0.1) is 0 Å². The van der Waals surface area contributed by atoms with E-state index >= 15 is 0 Å². The van der Waals surface area contributed by atoms with Crippen LogP contribution in [0.3, 0.4) is 0 Å². The lowest BCUT2D eigenvalue weighted by Gasteiger charge is -1.90. The Morgan fingerprint density at radius 3 is 2.45 bits per heavy atom. The molecule has 1 rings (SSSR count). The van der Waals surface area contributed by atoms with Crippen molar-refractivity contribution in [3.63, 3.8) is 0 Å². The highest BCUT2D eigenvalue weighted by Crippen LogP contribution is 1.84. The molecule has 0 aliphatic rings. The summed E-state index contributed by atoms with van der Waals surface area (Å²) in [6, 6.07) is 1.05. The quantitative estimate of drug-likeness (QED) is 0.523. The summed E-state index contributed by atoms with van der Waals surface area (Å²) < 4.78 is 0. The highest BCUT2D eigenvalue weighted by molar-refractivity contribution is 5.91. The summed E-state index contributed by atoms with van der Waals surface area (Å²) in [7, 11) is 0. The summed E-state index contributed by atoms with van der Waals surface area (Å²) >= 11 is 0. The molecule has 0 aliphatic heterocycles. The van der Waals surface area contributed by atoms with E-state index in [1.54, 1.807) is 0 Å². The van der Waals surface area contributed by atoms with Crippen LogP contribution in [0.5, 0.6) is 0 Å². The van der Waals surface area contributed by atoms with Gasteiger partial charge in [-0.25, -0.2) is 4.79 Å². The van der Waals surface area contributed by atoms with Gasteiger partial charge in [0.1, 0.15) is 0 Å². The summed E-state index contributed by atoms with van der Waals surface area (Å²) in [5.74, 6) is -0.340. The molecule has 1 heterocycles. The second-order valence-corrected chi connectivity index (χ2v) is 2.06. The molecule has 58 valence electrons. The molecule has 2 N–H and O–H groups in total. The Morgan fingerprint density at radius 1 is 1.36 bits per heavy atom. The van der Waals surface area contributed by atoms with Crippen molar-refractivity contribution in [2.45, 2.75) is 6.92 Å². The van der Waals surface area contributed by atoms with Crippen molar-refractivity contribution in [2.75, 3.05) is 0 Å². The van der Waals surface area contributed by atoms with Crippen LogP contribution in [0, 0.1) is 0 Å². The number of carbonyl (C=O) groups excluding carboxylic acids is 1. The van der Waals surface area contributed by atoms with Gasteiger partial charge in [-0.1, -0.05) is 0 Å². The molecule has 5 nitrogen and oxygen atoms in total. The molecular weight excluding hydrogens is 148 g/mol. The van der Waals surface area contributed by atoms with Gasteiger partial charge >= 0.3 is 5.69 Å². The van der Waals surface area contributed by atoms with E-state index in [2.05, 4.69) is 4.98 Å². The van der Waals surface area contributed by atoms with Gasteiger partial charge in [-0.05, 0) is 0 Å². The molecule has 1 aromatic rings. The van der Waals surface area contributed by atoms with Crippen molar-refractivity contribution < 1.29 is 4.79 Å². The maximum atomic E-state index is 10.6. The SMILES string of the molecule is CC(=O)c1cc(=O)[nH]c(=O)[nH]1. The smallest absolute Gasteiger partial charge is 0.304 e. The van der Waals surface area contributed by atoms with E-state index in [-0.39, 0.29) is 11.5 Å². The van der Waals surface area contributed by atoms with E-state index in [1.807, 2.05) is 4.98 Å². The third-order valence-electron chi connectivity index (χ3n) is 1.14. The van der Waals surface area contributed by atoms with Gasteiger partial charge in [-0.2, -0.15) is 0 Å². The van der Waals surface area contributed by atoms with Gasteiger partial charge in [0.05, 0.1) is 5.69 Å². The molecular formula is C6H6N2O3. The van der Waals surface area contributed by atoms with Crippen LogP contribution in [-0.4, -0.2) is 15.8 Å². The molecule has 0 aromatic carbocycles. The Labute approximate surface area is 61.1 Å². The van der Waals surface area contributed by atoms with Crippen molar-refractivity contribution in [3.05, 3.63) is 32.6 Å². The number of nitrogens with one attached hydrogen (secondary N) is 2. The standard InChI is InChI=1S/C6H6N2O3/c1-3(9)4-2-5(10)8-6(11)7-4/h2H,1H3,(H2,7,8,10,11). The lowest BCUT2D eigenvalue weighted by atomic mass is 10.3. The Hall–Kier alpha value is -1.65. The minimum Gasteiger partial charge on any atom is -0.304 e. The van der Waals surface area contributed by atoms with Crippen molar-refractivity contribution in [1.29, 1.82) is 0 Å². The first-order chi connectivity index (χ1) is 5.09. The molecule has 0 unspecified atom stereocenters. The Balaban J connectivity index is 3.42. The van der Waals surface area contributed by atoms with E-state index in [0.717, 1.165) is 6.07 Å². The highest BCUT2D eigenvalue weighted by Gasteiger charge is 1.99. The first-order valence-corrected chi connectivity index (χ1v) is 2.94. The zero-order valence-electron chi connectivity index (χ0n) is 5.80. The van der Waals surface area contributed by atoms with Crippen LogP contribution in [-0.2, 0) is 0 Å². The number of H-pyrrole nitrogens is 2. The fraction of sp³-hybridized carbons (Fsp3) is 0.167. The lowest BCUT2D eigenvalue weighted by Crippen LogP contribution is -2.24. The molecule has 0 saturated heterocycles. The fourth-order valence-electron chi connectivity index (χ4n) is 0.658. The van der Waals surface area contributed by atoms with Gasteiger partial charge in [-0.3, -0.25) is 14.6 Å². The van der Waals surface area contributed by atoms with Crippen LogP contribution in [0.2, 0.25) is 0 Å². The molecule has 0 fully saturated rings. The summed E-state index contributed by atoms with van der Waals surface area (Å²) in [5.41, 5.74) is -1.21. The van der Waals surface area contributed by atoms with Crippen LogP contribution < -0.4 is 11.2 Å². The summed E-state index contributed by atoms with van der Waals surface area (Å²) in [5, 5.41) is 0. The maximum Gasteiger partial charge on any atom is 0.326 e. The molecule has 11 heavy (non-hydrogen) atoms. The average Bonchev–Trinajstić information content (AvgIpc) is 1.85. The van der Waals surface area contributed by atoms with Crippen LogP contribution >= 0.6 is 0 Å². The summed E-state index contributed by atoms with van der Waals surface area (Å²) in [6.07, 6.45) is 0. The van der Waals surface area contributed by atoms with E-state index in [1.165, 1.54) is 6.92 Å². The van der Waals surface area contributed by atoms with E-state index in [0.29, 0.717) is 0 Å².